The van der Waals surface area contributed by atoms with Gasteiger partial charge in [-0.15, -0.1) is 11.8 Å². The summed E-state index contributed by atoms with van der Waals surface area (Å²) in [6, 6.07) is 1.84. The molecule has 56 valence electrons. The number of rotatable bonds is 1. The summed E-state index contributed by atoms with van der Waals surface area (Å²) < 4.78 is 0.136. The average Bonchev–Trinajstić information content (AvgIpc) is 1.81. The number of nitrogens with zero attached hydrogens (tertiary/aromatic N) is 1. The Morgan fingerprint density at radius 1 is 1.60 bits per heavy atom. The summed E-state index contributed by atoms with van der Waals surface area (Å²) in [6.07, 6.45) is 0. The van der Waals surface area contributed by atoms with E-state index in [1.807, 2.05) is 6.07 Å². The summed E-state index contributed by atoms with van der Waals surface area (Å²) in [6.45, 7) is 6.20. The molecule has 0 aromatic rings. The normalized spacial score (nSPS) is 12.9. The lowest BCUT2D eigenvalue weighted by Gasteiger charge is -2.13. The van der Waals surface area contributed by atoms with Crippen molar-refractivity contribution in [1.82, 2.24) is 0 Å². The second-order valence-electron chi connectivity index (χ2n) is 2.81. The highest BCUT2D eigenvalue weighted by molar-refractivity contribution is 8.03. The molecule has 0 amide bonds. The third-order valence-electron chi connectivity index (χ3n) is 0.623. The van der Waals surface area contributed by atoms with E-state index < -0.39 is 0 Å². The highest BCUT2D eigenvalue weighted by Gasteiger charge is 2.08. The van der Waals surface area contributed by atoms with Gasteiger partial charge in [-0.2, -0.15) is 5.26 Å². The average molecular weight is 176 g/mol. The van der Waals surface area contributed by atoms with Crippen molar-refractivity contribution in [2.75, 3.05) is 0 Å². The standard InChI is InChI=1S/C7H10ClNS/c1-7(2,3)10-5-6(8)4-9/h5H,1-3H3/b6-5-. The fraction of sp³-hybridized carbons (Fsp3) is 0.571. The van der Waals surface area contributed by atoms with Crippen molar-refractivity contribution in [3.05, 3.63) is 10.4 Å². The van der Waals surface area contributed by atoms with E-state index in [-0.39, 0.29) is 9.78 Å². The lowest BCUT2D eigenvalue weighted by molar-refractivity contribution is 0.807. The van der Waals surface area contributed by atoms with E-state index in [9.17, 15) is 0 Å². The summed E-state index contributed by atoms with van der Waals surface area (Å²) in [5, 5.41) is 10.2. The van der Waals surface area contributed by atoms with Crippen LogP contribution in [0.25, 0.3) is 0 Å². The van der Waals surface area contributed by atoms with Gasteiger partial charge in [0.1, 0.15) is 11.1 Å². The van der Waals surface area contributed by atoms with Crippen LogP contribution in [0.15, 0.2) is 10.4 Å². The minimum Gasteiger partial charge on any atom is -0.191 e. The zero-order chi connectivity index (χ0) is 8.20. The molecule has 1 nitrogen and oxygen atoms in total. The minimum atomic E-state index is 0.136. The molecule has 0 aliphatic carbocycles. The molecule has 0 unspecified atom stereocenters. The van der Waals surface area contributed by atoms with Crippen molar-refractivity contribution in [3.63, 3.8) is 0 Å². The molecular weight excluding hydrogens is 166 g/mol. The highest BCUT2D eigenvalue weighted by atomic mass is 35.5. The van der Waals surface area contributed by atoms with Crippen LogP contribution in [0.3, 0.4) is 0 Å². The van der Waals surface area contributed by atoms with Crippen LogP contribution in [0.1, 0.15) is 20.8 Å². The Balaban J connectivity index is 3.88. The van der Waals surface area contributed by atoms with Crippen molar-refractivity contribution >= 4 is 23.4 Å². The first-order chi connectivity index (χ1) is 4.45. The number of hydrogen-bond donors (Lipinski definition) is 0. The van der Waals surface area contributed by atoms with Crippen LogP contribution in [-0.2, 0) is 0 Å². The molecular formula is C7H10ClNS. The largest absolute Gasteiger partial charge is 0.191 e. The maximum Gasteiger partial charge on any atom is 0.124 e. The van der Waals surface area contributed by atoms with Gasteiger partial charge in [-0.1, -0.05) is 32.4 Å². The second-order valence-corrected chi connectivity index (χ2v) is 4.91. The minimum absolute atomic E-state index is 0.136. The molecule has 0 spiro atoms. The fourth-order valence-electron chi connectivity index (χ4n) is 0.255. The topological polar surface area (TPSA) is 23.8 Å². The van der Waals surface area contributed by atoms with Gasteiger partial charge in [0.05, 0.1) is 0 Å². The molecule has 3 heteroatoms. The Hall–Kier alpha value is -0.130. The fourth-order valence-corrected chi connectivity index (χ4v) is 0.898. The molecule has 0 aromatic carbocycles. The Labute approximate surface area is 71.1 Å². The third-order valence-corrected chi connectivity index (χ3v) is 2.01. The molecule has 0 aliphatic heterocycles. The second kappa shape index (κ2) is 3.90. The Bertz CT molecular complexity index is 173. The first-order valence-electron chi connectivity index (χ1n) is 2.89. The monoisotopic (exact) mass is 175 g/mol. The van der Waals surface area contributed by atoms with Gasteiger partial charge in [0.2, 0.25) is 0 Å². The molecule has 0 aliphatic rings. The van der Waals surface area contributed by atoms with Crippen LogP contribution in [0.2, 0.25) is 0 Å². The van der Waals surface area contributed by atoms with Crippen LogP contribution in [0, 0.1) is 11.3 Å². The summed E-state index contributed by atoms with van der Waals surface area (Å²) in [7, 11) is 0. The van der Waals surface area contributed by atoms with E-state index in [0.29, 0.717) is 0 Å². The molecule has 0 rings (SSSR count). The van der Waals surface area contributed by atoms with E-state index in [1.165, 1.54) is 0 Å². The molecule has 10 heavy (non-hydrogen) atoms. The predicted octanol–water partition coefficient (Wildman–Crippen LogP) is 3.12. The van der Waals surface area contributed by atoms with Crippen molar-refractivity contribution in [2.24, 2.45) is 0 Å². The van der Waals surface area contributed by atoms with E-state index in [2.05, 4.69) is 20.8 Å². The molecule has 0 bridgehead atoms. The van der Waals surface area contributed by atoms with Crippen LogP contribution in [0.4, 0.5) is 0 Å². The summed E-state index contributed by atoms with van der Waals surface area (Å²) in [5.74, 6) is 0. The molecule has 0 N–H and O–H groups in total. The van der Waals surface area contributed by atoms with Gasteiger partial charge in [-0.25, -0.2) is 0 Å². The van der Waals surface area contributed by atoms with Crippen LogP contribution in [0.5, 0.6) is 0 Å². The molecule has 0 saturated heterocycles. The molecule has 0 aromatic heterocycles. The summed E-state index contributed by atoms with van der Waals surface area (Å²) in [4.78, 5) is 0. The van der Waals surface area contributed by atoms with Crippen LogP contribution < -0.4 is 0 Å². The lowest BCUT2D eigenvalue weighted by Crippen LogP contribution is -2.04. The number of allylic oxidation sites excluding steroid dienone is 1. The zero-order valence-electron chi connectivity index (χ0n) is 6.31. The van der Waals surface area contributed by atoms with Crippen molar-refractivity contribution < 1.29 is 0 Å². The van der Waals surface area contributed by atoms with Crippen LogP contribution >= 0.6 is 23.4 Å². The van der Waals surface area contributed by atoms with E-state index in [1.54, 1.807) is 17.2 Å². The maximum atomic E-state index is 8.27. The lowest BCUT2D eigenvalue weighted by atomic mass is 10.3. The van der Waals surface area contributed by atoms with Gasteiger partial charge in [-0.05, 0) is 0 Å². The Morgan fingerprint density at radius 3 is 2.40 bits per heavy atom. The Kier molecular flexibility index (Phi) is 3.85. The van der Waals surface area contributed by atoms with Crippen LogP contribution in [-0.4, -0.2) is 4.75 Å². The van der Waals surface area contributed by atoms with Gasteiger partial charge >= 0.3 is 0 Å². The smallest absolute Gasteiger partial charge is 0.124 e. The van der Waals surface area contributed by atoms with Crippen molar-refractivity contribution in [1.29, 1.82) is 5.26 Å². The summed E-state index contributed by atoms with van der Waals surface area (Å²) >= 11 is 7.00. The van der Waals surface area contributed by atoms with Gasteiger partial charge in [0.15, 0.2) is 0 Å². The van der Waals surface area contributed by atoms with Crippen molar-refractivity contribution in [2.45, 2.75) is 25.5 Å². The van der Waals surface area contributed by atoms with E-state index in [4.69, 9.17) is 16.9 Å². The molecule has 0 saturated carbocycles. The molecule has 0 heterocycles. The van der Waals surface area contributed by atoms with E-state index in [0.717, 1.165) is 0 Å². The molecule has 0 radical (unpaired) electrons. The summed E-state index contributed by atoms with van der Waals surface area (Å²) in [5.41, 5.74) is 0. The van der Waals surface area contributed by atoms with Gasteiger partial charge < -0.3 is 0 Å². The number of halogens is 1. The third kappa shape index (κ3) is 6.00. The van der Waals surface area contributed by atoms with Crippen molar-refractivity contribution in [3.8, 4) is 6.07 Å². The highest BCUT2D eigenvalue weighted by Crippen LogP contribution is 2.25. The SMILES string of the molecule is CC(C)(C)S/C=C(\Cl)C#N. The predicted molar refractivity (Wildman–Crippen MR) is 46.9 cm³/mol. The Morgan fingerprint density at radius 2 is 2.10 bits per heavy atom. The molecule has 0 fully saturated rings. The maximum absolute atomic E-state index is 8.27. The first-order valence-corrected chi connectivity index (χ1v) is 4.15. The van der Waals surface area contributed by atoms with Gasteiger partial charge in [0, 0.05) is 10.2 Å². The van der Waals surface area contributed by atoms with Gasteiger partial charge in [0.25, 0.3) is 0 Å². The number of hydrogen-bond acceptors (Lipinski definition) is 2. The first kappa shape index (κ1) is 9.87. The van der Waals surface area contributed by atoms with E-state index >= 15 is 0 Å². The number of thioether (sulfide) groups is 1. The quantitative estimate of drug-likeness (QED) is 0.572. The number of nitriles is 1. The molecule has 0 atom stereocenters. The zero-order valence-corrected chi connectivity index (χ0v) is 7.88. The van der Waals surface area contributed by atoms with Gasteiger partial charge in [-0.3, -0.25) is 0 Å².